The first-order chi connectivity index (χ1) is 10.0. The van der Waals surface area contributed by atoms with Crippen LogP contribution in [0.2, 0.25) is 10.0 Å². The lowest BCUT2D eigenvalue weighted by molar-refractivity contribution is -0.140. The Hall–Kier alpha value is -0.970. The molecule has 0 radical (unpaired) electrons. The fourth-order valence-corrected chi connectivity index (χ4v) is 2.58. The fourth-order valence-electron chi connectivity index (χ4n) is 2.26. The topological polar surface area (TPSA) is 32.8 Å². The quantitative estimate of drug-likeness (QED) is 0.850. The summed E-state index contributed by atoms with van der Waals surface area (Å²) in [6.07, 6.45) is 0.0676. The highest BCUT2D eigenvalue weighted by atomic mass is 35.5. The van der Waals surface area contributed by atoms with Gasteiger partial charge in [-0.1, -0.05) is 30.1 Å². The summed E-state index contributed by atoms with van der Waals surface area (Å²) >= 11 is 12.0. The molecule has 0 spiro atoms. The van der Waals surface area contributed by atoms with E-state index in [1.165, 1.54) is 0 Å². The Labute approximate surface area is 135 Å². The number of carbonyl (C=O) groups is 1. The highest BCUT2D eigenvalue weighted by Gasteiger charge is 2.27. The highest BCUT2D eigenvalue weighted by Crippen LogP contribution is 2.29. The van der Waals surface area contributed by atoms with Gasteiger partial charge in [0.15, 0.2) is 6.10 Å². The molecular formula is C15H20Cl2N2O2. The number of amides is 1. The summed E-state index contributed by atoms with van der Waals surface area (Å²) in [5, 5.41) is 1.00. The van der Waals surface area contributed by atoms with Crippen LogP contribution in [-0.4, -0.2) is 55.0 Å². The van der Waals surface area contributed by atoms with Gasteiger partial charge in [-0.3, -0.25) is 4.79 Å². The van der Waals surface area contributed by atoms with Crippen LogP contribution in [0.3, 0.4) is 0 Å². The monoisotopic (exact) mass is 330 g/mol. The summed E-state index contributed by atoms with van der Waals surface area (Å²) in [6.45, 7) is 5.17. The van der Waals surface area contributed by atoms with Gasteiger partial charge in [0, 0.05) is 37.3 Å². The second-order valence-corrected chi connectivity index (χ2v) is 6.06. The molecule has 2 rings (SSSR count). The Morgan fingerprint density at radius 2 is 1.95 bits per heavy atom. The molecule has 0 bridgehead atoms. The van der Waals surface area contributed by atoms with E-state index in [0.717, 1.165) is 26.2 Å². The van der Waals surface area contributed by atoms with Crippen LogP contribution in [0.5, 0.6) is 5.75 Å². The third-order valence-corrected chi connectivity index (χ3v) is 4.17. The lowest BCUT2D eigenvalue weighted by Gasteiger charge is -2.34. The molecule has 1 saturated heterocycles. The number of ether oxygens (including phenoxy) is 1. The molecule has 0 aromatic heterocycles. The molecule has 1 atom stereocenters. The molecule has 0 N–H and O–H groups in total. The third kappa shape index (κ3) is 4.25. The Kier molecular flexibility index (Phi) is 5.73. The molecule has 0 unspecified atom stereocenters. The van der Waals surface area contributed by atoms with Gasteiger partial charge in [-0.25, -0.2) is 0 Å². The number of halogens is 2. The number of piperazine rings is 1. The largest absolute Gasteiger partial charge is 0.479 e. The van der Waals surface area contributed by atoms with E-state index in [4.69, 9.17) is 27.9 Å². The molecule has 1 aliphatic rings. The van der Waals surface area contributed by atoms with Gasteiger partial charge in [0.25, 0.3) is 5.91 Å². The van der Waals surface area contributed by atoms with E-state index in [9.17, 15) is 4.79 Å². The molecule has 1 heterocycles. The van der Waals surface area contributed by atoms with Crippen LogP contribution in [0, 0.1) is 0 Å². The first kappa shape index (κ1) is 16.4. The van der Waals surface area contributed by atoms with Crippen LogP contribution in [0.4, 0.5) is 0 Å². The number of rotatable bonds is 4. The van der Waals surface area contributed by atoms with Crippen LogP contribution < -0.4 is 4.74 Å². The molecular weight excluding hydrogens is 311 g/mol. The van der Waals surface area contributed by atoms with E-state index in [1.807, 2.05) is 11.8 Å². The Morgan fingerprint density at radius 3 is 2.57 bits per heavy atom. The van der Waals surface area contributed by atoms with Crippen molar-refractivity contribution in [2.45, 2.75) is 19.4 Å². The normalized spacial score (nSPS) is 17.6. The maximum atomic E-state index is 12.5. The molecule has 1 aromatic carbocycles. The fraction of sp³-hybridized carbons (Fsp3) is 0.533. The van der Waals surface area contributed by atoms with Gasteiger partial charge in [0.05, 0.1) is 5.02 Å². The summed E-state index contributed by atoms with van der Waals surface area (Å²) in [5.74, 6) is 0.472. The van der Waals surface area contributed by atoms with Crippen molar-refractivity contribution in [3.63, 3.8) is 0 Å². The molecule has 6 heteroatoms. The van der Waals surface area contributed by atoms with Gasteiger partial charge in [0.2, 0.25) is 0 Å². The predicted octanol–water partition coefficient (Wildman–Crippen LogP) is 2.92. The summed E-state index contributed by atoms with van der Waals surface area (Å²) in [6, 6.07) is 5.01. The number of carbonyl (C=O) groups excluding carboxylic acids is 1. The van der Waals surface area contributed by atoms with Gasteiger partial charge in [-0.05, 0) is 25.6 Å². The molecule has 21 heavy (non-hydrogen) atoms. The third-order valence-electron chi connectivity index (χ3n) is 3.62. The Balaban J connectivity index is 2.05. The zero-order chi connectivity index (χ0) is 15.4. The lowest BCUT2D eigenvalue weighted by Crippen LogP contribution is -2.51. The van der Waals surface area contributed by atoms with Gasteiger partial charge < -0.3 is 14.5 Å². The van der Waals surface area contributed by atoms with Crippen molar-refractivity contribution < 1.29 is 9.53 Å². The second kappa shape index (κ2) is 7.34. The standard InChI is InChI=1S/C15H20Cl2N2O2/c1-3-13(15(20)19-8-6-18(2)7-9-19)21-14-10-11(16)4-5-12(14)17/h4-5,10,13H,3,6-9H2,1-2H3/t13-/m1/s1. The van der Waals surface area contributed by atoms with E-state index in [2.05, 4.69) is 11.9 Å². The maximum absolute atomic E-state index is 12.5. The van der Waals surface area contributed by atoms with Crippen LogP contribution in [0.1, 0.15) is 13.3 Å². The Morgan fingerprint density at radius 1 is 1.29 bits per heavy atom. The maximum Gasteiger partial charge on any atom is 0.263 e. The van der Waals surface area contributed by atoms with Crippen molar-refractivity contribution in [3.05, 3.63) is 28.2 Å². The number of benzene rings is 1. The SMILES string of the molecule is CC[C@@H](Oc1cc(Cl)ccc1Cl)C(=O)N1CCN(C)CC1. The van der Waals surface area contributed by atoms with E-state index in [0.29, 0.717) is 22.2 Å². The molecule has 1 aromatic rings. The molecule has 116 valence electrons. The van der Waals surface area contributed by atoms with Gasteiger partial charge in [-0.15, -0.1) is 0 Å². The van der Waals surface area contributed by atoms with E-state index in [-0.39, 0.29) is 5.91 Å². The second-order valence-electron chi connectivity index (χ2n) is 5.22. The minimum atomic E-state index is -0.524. The van der Waals surface area contributed by atoms with Crippen LogP contribution in [0.25, 0.3) is 0 Å². The van der Waals surface area contributed by atoms with Crippen molar-refractivity contribution >= 4 is 29.1 Å². The molecule has 4 nitrogen and oxygen atoms in total. The van der Waals surface area contributed by atoms with Crippen molar-refractivity contribution in [2.24, 2.45) is 0 Å². The molecule has 1 amide bonds. The van der Waals surface area contributed by atoms with E-state index >= 15 is 0 Å². The van der Waals surface area contributed by atoms with Gasteiger partial charge in [-0.2, -0.15) is 0 Å². The summed E-state index contributed by atoms with van der Waals surface area (Å²) in [5.41, 5.74) is 0. The Bertz CT molecular complexity index is 502. The van der Waals surface area contributed by atoms with Crippen molar-refractivity contribution in [1.29, 1.82) is 0 Å². The zero-order valence-corrected chi connectivity index (χ0v) is 13.8. The van der Waals surface area contributed by atoms with E-state index < -0.39 is 6.10 Å². The summed E-state index contributed by atoms with van der Waals surface area (Å²) in [4.78, 5) is 16.6. The lowest BCUT2D eigenvalue weighted by atomic mass is 10.2. The predicted molar refractivity (Wildman–Crippen MR) is 85.2 cm³/mol. The number of hydrogen-bond acceptors (Lipinski definition) is 3. The van der Waals surface area contributed by atoms with Crippen molar-refractivity contribution in [1.82, 2.24) is 9.80 Å². The molecule has 0 aliphatic carbocycles. The van der Waals surface area contributed by atoms with Crippen LogP contribution in [0.15, 0.2) is 18.2 Å². The van der Waals surface area contributed by atoms with Crippen molar-refractivity contribution in [3.8, 4) is 5.75 Å². The first-order valence-corrected chi connectivity index (χ1v) is 7.86. The number of likely N-dealkylation sites (N-methyl/N-ethyl adjacent to an activating group) is 1. The van der Waals surface area contributed by atoms with Gasteiger partial charge >= 0.3 is 0 Å². The molecule has 0 saturated carbocycles. The average molecular weight is 331 g/mol. The number of nitrogens with zero attached hydrogens (tertiary/aromatic N) is 2. The molecule has 1 fully saturated rings. The first-order valence-electron chi connectivity index (χ1n) is 7.10. The summed E-state index contributed by atoms with van der Waals surface area (Å²) in [7, 11) is 2.06. The highest BCUT2D eigenvalue weighted by molar-refractivity contribution is 6.34. The average Bonchev–Trinajstić information content (AvgIpc) is 2.48. The van der Waals surface area contributed by atoms with Crippen LogP contribution >= 0.6 is 23.2 Å². The zero-order valence-electron chi connectivity index (χ0n) is 12.3. The minimum Gasteiger partial charge on any atom is -0.479 e. The van der Waals surface area contributed by atoms with Crippen molar-refractivity contribution in [2.75, 3.05) is 33.2 Å². The van der Waals surface area contributed by atoms with Gasteiger partial charge in [0.1, 0.15) is 5.75 Å². The van der Waals surface area contributed by atoms with E-state index in [1.54, 1.807) is 18.2 Å². The summed E-state index contributed by atoms with van der Waals surface area (Å²) < 4.78 is 5.80. The van der Waals surface area contributed by atoms with Crippen LogP contribution in [-0.2, 0) is 4.79 Å². The molecule has 1 aliphatic heterocycles. The smallest absolute Gasteiger partial charge is 0.263 e. The minimum absolute atomic E-state index is 0.0154. The number of hydrogen-bond donors (Lipinski definition) is 0.